The van der Waals surface area contributed by atoms with Crippen LogP contribution in [0.5, 0.6) is 0 Å². The molecule has 0 fully saturated rings. The van der Waals surface area contributed by atoms with Crippen LogP contribution in [0.1, 0.15) is 15.9 Å². The van der Waals surface area contributed by atoms with Gasteiger partial charge in [0.25, 0.3) is 5.91 Å². The van der Waals surface area contributed by atoms with Crippen molar-refractivity contribution in [3.05, 3.63) is 58.6 Å². The predicted molar refractivity (Wildman–Crippen MR) is 87.8 cm³/mol. The second-order valence-electron chi connectivity index (χ2n) is 4.98. The van der Waals surface area contributed by atoms with Crippen LogP contribution in [-0.4, -0.2) is 20.0 Å². The van der Waals surface area contributed by atoms with E-state index in [4.69, 9.17) is 17.3 Å². The Bertz CT molecular complexity index is 638. The van der Waals surface area contributed by atoms with Gasteiger partial charge in [-0.1, -0.05) is 23.7 Å². The van der Waals surface area contributed by atoms with Crippen molar-refractivity contribution in [2.45, 2.75) is 6.54 Å². The first kappa shape index (κ1) is 15.2. The summed E-state index contributed by atoms with van der Waals surface area (Å²) >= 11 is 5.82. The van der Waals surface area contributed by atoms with Crippen LogP contribution in [0, 0.1) is 0 Å². The highest BCUT2D eigenvalue weighted by atomic mass is 35.5. The number of benzene rings is 2. The second-order valence-corrected chi connectivity index (χ2v) is 5.41. The van der Waals surface area contributed by atoms with Crippen molar-refractivity contribution in [3.8, 4) is 0 Å². The number of halogens is 1. The highest BCUT2D eigenvalue weighted by Crippen LogP contribution is 2.18. The number of carbonyl (C=O) groups excluding carboxylic acids is 1. The topological polar surface area (TPSA) is 58.4 Å². The fourth-order valence-corrected chi connectivity index (χ4v) is 2.11. The lowest BCUT2D eigenvalue weighted by Crippen LogP contribution is -2.23. The summed E-state index contributed by atoms with van der Waals surface area (Å²) in [5.41, 5.74) is 8.75. The molecule has 2 aromatic carbocycles. The summed E-state index contributed by atoms with van der Waals surface area (Å²) in [6.45, 7) is 0.453. The molecule has 0 unspecified atom stereocenters. The molecule has 2 aromatic rings. The molecule has 0 saturated carbocycles. The maximum absolute atomic E-state index is 12.1. The van der Waals surface area contributed by atoms with Crippen LogP contribution < -0.4 is 16.0 Å². The van der Waals surface area contributed by atoms with Gasteiger partial charge in [-0.05, 0) is 35.9 Å². The Morgan fingerprint density at radius 1 is 1.19 bits per heavy atom. The molecule has 0 heterocycles. The molecular formula is C16H18ClN3O. The Balaban J connectivity index is 2.00. The van der Waals surface area contributed by atoms with Gasteiger partial charge in [0.1, 0.15) is 0 Å². The first-order valence-corrected chi connectivity index (χ1v) is 6.94. The van der Waals surface area contributed by atoms with E-state index < -0.39 is 0 Å². The number of anilines is 2. The van der Waals surface area contributed by atoms with E-state index in [0.29, 0.717) is 22.8 Å². The van der Waals surface area contributed by atoms with Crippen LogP contribution in [-0.2, 0) is 6.54 Å². The molecular weight excluding hydrogens is 286 g/mol. The Hall–Kier alpha value is -2.20. The van der Waals surface area contributed by atoms with E-state index in [1.807, 2.05) is 43.3 Å². The van der Waals surface area contributed by atoms with E-state index in [9.17, 15) is 4.79 Å². The number of rotatable bonds is 4. The van der Waals surface area contributed by atoms with E-state index >= 15 is 0 Å². The molecule has 3 N–H and O–H groups in total. The van der Waals surface area contributed by atoms with Crippen LogP contribution >= 0.6 is 11.6 Å². The summed E-state index contributed by atoms with van der Waals surface area (Å²) in [5, 5.41) is 3.37. The van der Waals surface area contributed by atoms with Gasteiger partial charge < -0.3 is 16.0 Å². The molecule has 0 spiro atoms. The minimum atomic E-state index is -0.208. The van der Waals surface area contributed by atoms with Gasteiger partial charge in [0, 0.05) is 37.0 Å². The van der Waals surface area contributed by atoms with Crippen molar-refractivity contribution in [2.24, 2.45) is 0 Å². The normalized spacial score (nSPS) is 10.2. The van der Waals surface area contributed by atoms with E-state index in [1.165, 1.54) is 0 Å². The lowest BCUT2D eigenvalue weighted by molar-refractivity contribution is 0.0952. The first-order valence-electron chi connectivity index (χ1n) is 6.57. The predicted octanol–water partition coefficient (Wildman–Crippen LogP) is 2.92. The summed E-state index contributed by atoms with van der Waals surface area (Å²) in [6, 6.07) is 12.8. The van der Waals surface area contributed by atoms with Crippen LogP contribution in [0.2, 0.25) is 5.02 Å². The Labute approximate surface area is 129 Å². The summed E-state index contributed by atoms with van der Waals surface area (Å²) < 4.78 is 0. The van der Waals surface area contributed by atoms with Gasteiger partial charge in [-0.25, -0.2) is 0 Å². The van der Waals surface area contributed by atoms with Crippen LogP contribution in [0.15, 0.2) is 42.5 Å². The Kier molecular flexibility index (Phi) is 4.70. The number of carbonyl (C=O) groups is 1. The third-order valence-electron chi connectivity index (χ3n) is 3.16. The first-order chi connectivity index (χ1) is 9.97. The van der Waals surface area contributed by atoms with Crippen molar-refractivity contribution < 1.29 is 4.79 Å². The maximum atomic E-state index is 12.1. The number of amides is 1. The number of nitrogens with zero attached hydrogens (tertiary/aromatic N) is 1. The number of hydrogen-bond donors (Lipinski definition) is 2. The van der Waals surface area contributed by atoms with Crippen LogP contribution in [0.3, 0.4) is 0 Å². The largest absolute Gasteiger partial charge is 0.398 e. The monoisotopic (exact) mass is 303 g/mol. The van der Waals surface area contributed by atoms with Gasteiger partial charge in [-0.3, -0.25) is 4.79 Å². The fraction of sp³-hybridized carbons (Fsp3) is 0.188. The molecule has 0 aliphatic rings. The third kappa shape index (κ3) is 3.89. The summed E-state index contributed by atoms with van der Waals surface area (Å²) in [5.74, 6) is -0.208. The van der Waals surface area contributed by atoms with Crippen molar-refractivity contribution >= 4 is 28.9 Å². The van der Waals surface area contributed by atoms with E-state index in [0.717, 1.165) is 11.3 Å². The Morgan fingerprint density at radius 2 is 1.86 bits per heavy atom. The number of nitrogen functional groups attached to an aromatic ring is 1. The number of nitrogens with one attached hydrogen (secondary N) is 1. The summed E-state index contributed by atoms with van der Waals surface area (Å²) in [7, 11) is 3.97. The summed E-state index contributed by atoms with van der Waals surface area (Å²) in [4.78, 5) is 14.1. The molecule has 1 amide bonds. The zero-order chi connectivity index (χ0) is 15.4. The molecule has 0 aromatic heterocycles. The SMILES string of the molecule is CN(C)c1ccc(CNC(=O)c2ccc(Cl)cc2N)cc1. The van der Waals surface area contributed by atoms with Gasteiger partial charge in [0.2, 0.25) is 0 Å². The molecule has 21 heavy (non-hydrogen) atoms. The smallest absolute Gasteiger partial charge is 0.253 e. The number of nitrogens with two attached hydrogens (primary N) is 1. The standard InChI is InChI=1S/C16H18ClN3O/c1-20(2)13-6-3-11(4-7-13)10-19-16(21)14-8-5-12(17)9-15(14)18/h3-9H,10,18H2,1-2H3,(H,19,21). The molecule has 0 aliphatic carbocycles. The zero-order valence-corrected chi connectivity index (χ0v) is 12.8. The highest BCUT2D eigenvalue weighted by molar-refractivity contribution is 6.31. The molecule has 0 saturated heterocycles. The van der Waals surface area contributed by atoms with Crippen LogP contribution in [0.4, 0.5) is 11.4 Å². The molecule has 110 valence electrons. The average molecular weight is 304 g/mol. The maximum Gasteiger partial charge on any atom is 0.253 e. The van der Waals surface area contributed by atoms with Crippen molar-refractivity contribution in [2.75, 3.05) is 24.7 Å². The quantitative estimate of drug-likeness (QED) is 0.854. The van der Waals surface area contributed by atoms with Crippen molar-refractivity contribution in [1.82, 2.24) is 5.32 Å². The van der Waals surface area contributed by atoms with Crippen molar-refractivity contribution in [3.63, 3.8) is 0 Å². The minimum Gasteiger partial charge on any atom is -0.398 e. The second kappa shape index (κ2) is 6.50. The van der Waals surface area contributed by atoms with E-state index in [-0.39, 0.29) is 5.91 Å². The molecule has 0 bridgehead atoms. The lowest BCUT2D eigenvalue weighted by Gasteiger charge is -2.13. The third-order valence-corrected chi connectivity index (χ3v) is 3.40. The van der Waals surface area contributed by atoms with Gasteiger partial charge in [-0.2, -0.15) is 0 Å². The van der Waals surface area contributed by atoms with Gasteiger partial charge >= 0.3 is 0 Å². The van der Waals surface area contributed by atoms with E-state index in [1.54, 1.807) is 18.2 Å². The minimum absolute atomic E-state index is 0.208. The number of hydrogen-bond acceptors (Lipinski definition) is 3. The average Bonchev–Trinajstić information content (AvgIpc) is 2.45. The zero-order valence-electron chi connectivity index (χ0n) is 12.1. The lowest BCUT2D eigenvalue weighted by atomic mass is 10.1. The molecule has 0 radical (unpaired) electrons. The fourth-order valence-electron chi connectivity index (χ4n) is 1.93. The van der Waals surface area contributed by atoms with Crippen molar-refractivity contribution in [1.29, 1.82) is 0 Å². The molecule has 4 nitrogen and oxygen atoms in total. The van der Waals surface area contributed by atoms with Gasteiger partial charge in [0.15, 0.2) is 0 Å². The molecule has 5 heteroatoms. The molecule has 0 atom stereocenters. The highest BCUT2D eigenvalue weighted by Gasteiger charge is 2.09. The van der Waals surface area contributed by atoms with E-state index in [2.05, 4.69) is 5.32 Å². The van der Waals surface area contributed by atoms with Gasteiger partial charge in [-0.15, -0.1) is 0 Å². The van der Waals surface area contributed by atoms with Gasteiger partial charge in [0.05, 0.1) is 5.56 Å². The molecule has 2 rings (SSSR count). The van der Waals surface area contributed by atoms with Crippen LogP contribution in [0.25, 0.3) is 0 Å². The Morgan fingerprint density at radius 3 is 2.43 bits per heavy atom. The molecule has 0 aliphatic heterocycles. The summed E-state index contributed by atoms with van der Waals surface area (Å²) in [6.07, 6.45) is 0.